The molecule has 15 aromatic rings. The highest BCUT2D eigenvalue weighted by Crippen LogP contribution is 2.44. The van der Waals surface area contributed by atoms with Gasteiger partial charge in [-0.1, -0.05) is 145 Å². The minimum Gasteiger partial charge on any atom is -0.497 e. The van der Waals surface area contributed by atoms with Crippen LogP contribution >= 0.6 is 78.3 Å². The first-order valence-corrected chi connectivity index (χ1v) is 43.4. The first kappa shape index (κ1) is 84.0. The molecule has 10 heterocycles. The van der Waals surface area contributed by atoms with E-state index in [1.807, 2.05) is 103 Å². The maximum absolute atomic E-state index is 13.5. The third kappa shape index (κ3) is 18.2. The molecule has 9 N–H and O–H groups in total. The number of rotatable bonds is 10. The van der Waals surface area contributed by atoms with Gasteiger partial charge in [0.15, 0.2) is 0 Å². The minimum absolute atomic E-state index is 0.0549. The fraction of sp³-hybridized carbons (Fsp3) is 0.232. The van der Waals surface area contributed by atoms with Gasteiger partial charge < -0.3 is 70.0 Å². The van der Waals surface area contributed by atoms with E-state index in [-0.39, 0.29) is 43.4 Å². The number of aromatic amines is 5. The summed E-state index contributed by atoms with van der Waals surface area (Å²) in [6.07, 6.45) is 3.25. The second-order valence-electron chi connectivity index (χ2n) is 30.0. The molecule has 18 nitrogen and oxygen atoms in total. The predicted octanol–water partition coefficient (Wildman–Crippen LogP) is 23.3. The van der Waals surface area contributed by atoms with Crippen LogP contribution in [0.5, 0.6) is 11.5 Å². The number of ether oxygens (including phenoxy) is 4. The van der Waals surface area contributed by atoms with Gasteiger partial charge in [0, 0.05) is 157 Å². The molecule has 5 aliphatic rings. The molecule has 620 valence electrons. The highest BCUT2D eigenvalue weighted by Gasteiger charge is 2.38. The number of hydrogen-bond donors (Lipinski definition) is 9. The van der Waals surface area contributed by atoms with Gasteiger partial charge in [0.2, 0.25) is 0 Å². The molecule has 0 aliphatic carbocycles. The number of amides is 3. The standard InChI is InChI=1S/C23H23ClN2O5.C21H22ClN3O2.C17H14BrClN2.C17H15BrN2.C17H13ClF2N2/c1-3-29-22(27)26-11-10-17-18-13-15(24)8-9-19(18)25-20(17)21(26)14-6-5-7-16(12-14)31-23(28)30-4-2;1-3-23-21(26)25-11-10-16-17-12-14(22)6-9-18(17)24-19(16)20(25)13-4-7-15(27-2)8-5-13;18-11-3-1-10(2-4-11)16-17-13(7-8-20-16)14-9-12(19)5-6-15(14)21-17;18-12-6-7-15-14(10-12)13-8-9-19-16(17(13)20-15)11-4-2-1-3-5-11;18-10-1-2-15-14(7-10)13-3-4-21-16(17(13)22-15)9-5-11(19)8-12(20)6-9/h5-9,12-13,21,25H,3-4,10-11H2,1-2H3;4-9,12,20,24H,3,10-11H2,1-2H3,(H,23,26);1-6,9,16,20-21H,7-8H2;1-7,10,16,19-20H,8-9H2;1-2,5-8,16,21-22H,3-4H2. The number of carbonyl (C=O) groups excluding carboxylic acids is 3. The fourth-order valence-corrected chi connectivity index (χ4v) is 18.7. The highest BCUT2D eigenvalue weighted by atomic mass is 79.9. The van der Waals surface area contributed by atoms with Crippen molar-refractivity contribution in [2.75, 3.05) is 59.6 Å². The molecule has 0 spiro atoms. The third-order valence-electron chi connectivity index (χ3n) is 22.6. The molecule has 5 unspecified atom stereocenters. The van der Waals surface area contributed by atoms with Crippen LogP contribution in [0, 0.1) is 11.6 Å². The average molecular weight is 1830 g/mol. The van der Waals surface area contributed by atoms with Crippen LogP contribution in [0.15, 0.2) is 221 Å². The van der Waals surface area contributed by atoms with E-state index in [4.69, 9.17) is 65.4 Å². The van der Waals surface area contributed by atoms with Gasteiger partial charge in [-0.15, -0.1) is 0 Å². The molecule has 121 heavy (non-hydrogen) atoms. The zero-order chi connectivity index (χ0) is 84.1. The Labute approximate surface area is 734 Å². The lowest BCUT2D eigenvalue weighted by Crippen LogP contribution is -2.46. The number of nitrogens with one attached hydrogen (secondary N) is 9. The molecule has 0 saturated heterocycles. The molecule has 10 aromatic carbocycles. The minimum atomic E-state index is -0.772. The maximum atomic E-state index is 13.5. The molecule has 0 radical (unpaired) electrons. The van der Waals surface area contributed by atoms with E-state index in [9.17, 15) is 23.2 Å². The summed E-state index contributed by atoms with van der Waals surface area (Å²) in [5, 5.41) is 22.2. The second kappa shape index (κ2) is 37.4. The molecule has 5 aromatic heterocycles. The van der Waals surface area contributed by atoms with Gasteiger partial charge in [0.25, 0.3) is 0 Å². The first-order valence-electron chi connectivity index (χ1n) is 40.3. The third-order valence-corrected chi connectivity index (χ3v) is 24.6. The summed E-state index contributed by atoms with van der Waals surface area (Å²) in [4.78, 5) is 58.4. The summed E-state index contributed by atoms with van der Waals surface area (Å²) in [7, 11) is 1.65. The number of carbonyl (C=O) groups is 3. The highest BCUT2D eigenvalue weighted by molar-refractivity contribution is 9.10. The molecule has 0 bridgehead atoms. The van der Waals surface area contributed by atoms with Crippen LogP contribution in [0.1, 0.15) is 135 Å². The lowest BCUT2D eigenvalue weighted by Gasteiger charge is -2.36. The number of methoxy groups -OCH3 is 1. The molecule has 20 rings (SSSR count). The van der Waals surface area contributed by atoms with Crippen molar-refractivity contribution < 1.29 is 42.1 Å². The normalized spacial score (nSPS) is 16.9. The average Bonchev–Trinajstić information content (AvgIpc) is 1.63. The second-order valence-corrected chi connectivity index (χ2v) is 33.5. The lowest BCUT2D eigenvalue weighted by molar-refractivity contribution is 0.0926. The maximum Gasteiger partial charge on any atom is 0.513 e. The van der Waals surface area contributed by atoms with E-state index in [2.05, 4.69) is 163 Å². The van der Waals surface area contributed by atoms with Gasteiger partial charge in [-0.2, -0.15) is 0 Å². The Morgan fingerprint density at radius 1 is 0.413 bits per heavy atom. The Morgan fingerprint density at radius 2 is 0.826 bits per heavy atom. The molecule has 0 fully saturated rings. The van der Waals surface area contributed by atoms with Crippen LogP contribution in [0.2, 0.25) is 20.1 Å². The summed E-state index contributed by atoms with van der Waals surface area (Å²) in [5.41, 5.74) is 22.2. The predicted molar refractivity (Wildman–Crippen MR) is 485 cm³/mol. The molecular formula is C95H87Br2Cl4F2N11O7. The van der Waals surface area contributed by atoms with E-state index in [0.29, 0.717) is 47.4 Å². The van der Waals surface area contributed by atoms with Crippen molar-refractivity contribution in [3.05, 3.63) is 337 Å². The molecule has 5 atom stereocenters. The van der Waals surface area contributed by atoms with Gasteiger partial charge in [-0.05, 0) is 248 Å². The number of benzene rings is 10. The van der Waals surface area contributed by atoms with E-state index in [1.165, 1.54) is 67.6 Å². The summed E-state index contributed by atoms with van der Waals surface area (Å²) in [5.74, 6) is -0.0000304. The van der Waals surface area contributed by atoms with Crippen molar-refractivity contribution in [1.29, 1.82) is 0 Å². The van der Waals surface area contributed by atoms with E-state index >= 15 is 0 Å². The Kier molecular flexibility index (Phi) is 25.9. The number of aromatic nitrogens is 5. The number of nitrogens with zero attached hydrogens (tertiary/aromatic N) is 2. The van der Waals surface area contributed by atoms with Crippen LogP contribution in [-0.4, -0.2) is 113 Å². The quantitative estimate of drug-likeness (QED) is 0.0466. The molecule has 3 amide bonds. The first-order chi connectivity index (χ1) is 58.8. The van der Waals surface area contributed by atoms with Gasteiger partial charge in [-0.25, -0.2) is 23.2 Å². The summed E-state index contributed by atoms with van der Waals surface area (Å²) < 4.78 is 50.0. The zero-order valence-corrected chi connectivity index (χ0v) is 72.8. The number of H-pyrrole nitrogens is 5. The summed E-state index contributed by atoms with van der Waals surface area (Å²) in [6.45, 7) is 10.4. The fourth-order valence-electron chi connectivity index (χ4n) is 17.4. The van der Waals surface area contributed by atoms with E-state index in [0.717, 1.165) is 154 Å². The Morgan fingerprint density at radius 3 is 1.31 bits per heavy atom. The van der Waals surface area contributed by atoms with Crippen molar-refractivity contribution in [2.24, 2.45) is 0 Å². The van der Waals surface area contributed by atoms with Crippen LogP contribution in [0.25, 0.3) is 54.5 Å². The van der Waals surface area contributed by atoms with Crippen molar-refractivity contribution in [2.45, 2.75) is 83.1 Å². The van der Waals surface area contributed by atoms with Crippen LogP contribution in [0.3, 0.4) is 0 Å². The number of fused-ring (bicyclic) bond motifs is 15. The number of urea groups is 1. The smallest absolute Gasteiger partial charge is 0.497 e. The van der Waals surface area contributed by atoms with Crippen molar-refractivity contribution >= 4 is 151 Å². The Balaban J connectivity index is 0.000000113. The topological polar surface area (TPSA) is 222 Å². The van der Waals surface area contributed by atoms with E-state index in [1.54, 1.807) is 44.1 Å². The monoisotopic (exact) mass is 1830 g/mol. The Hall–Kier alpha value is -10.6. The number of halogens is 8. The van der Waals surface area contributed by atoms with Gasteiger partial charge >= 0.3 is 18.3 Å². The SMILES string of the molecule is Brc1ccc2[nH]c3c(c2c1)CCNC3c1ccccc1.CCNC(=O)N1CCc2c([nH]c3ccc(Cl)cc23)C1c1ccc(OC)cc1.CCOC(=O)Oc1cccc(C2c3[nH]c4ccc(Cl)cc4c3CCN2C(=O)OCC)c1.Clc1ccc2[nH]c3c(c2c1)CCNC3c1ccc(Br)cc1.Fc1cc(F)cc(C2NCCc3c2[nH]c2ccc(Cl)cc32)c1. The molecule has 26 heteroatoms. The number of hydrogen-bond acceptors (Lipinski definition) is 10. The van der Waals surface area contributed by atoms with Crippen LogP contribution in [0.4, 0.5) is 23.2 Å². The molecular weight excluding hydrogens is 1750 g/mol. The van der Waals surface area contributed by atoms with Gasteiger partial charge in [-0.3, -0.25) is 4.90 Å². The summed E-state index contributed by atoms with van der Waals surface area (Å²) in [6, 6.07) is 67.1. The Bertz CT molecular complexity index is 6300. The molecule has 5 aliphatic heterocycles. The van der Waals surface area contributed by atoms with Crippen molar-refractivity contribution in [1.82, 2.24) is 56.0 Å². The largest absolute Gasteiger partial charge is 0.513 e. The lowest BCUT2D eigenvalue weighted by atomic mass is 9.92. The summed E-state index contributed by atoms with van der Waals surface area (Å²) >= 11 is 31.8. The van der Waals surface area contributed by atoms with Crippen molar-refractivity contribution in [3.63, 3.8) is 0 Å². The van der Waals surface area contributed by atoms with Crippen molar-refractivity contribution in [3.8, 4) is 11.5 Å². The zero-order valence-electron chi connectivity index (χ0n) is 66.6. The van der Waals surface area contributed by atoms with Crippen LogP contribution < -0.4 is 30.7 Å². The van der Waals surface area contributed by atoms with Crippen LogP contribution in [-0.2, 0) is 41.6 Å². The van der Waals surface area contributed by atoms with E-state index < -0.39 is 29.9 Å². The molecule has 0 saturated carbocycles. The van der Waals surface area contributed by atoms with Gasteiger partial charge in [0.05, 0.1) is 44.5 Å². The van der Waals surface area contributed by atoms with Gasteiger partial charge in [0.1, 0.15) is 29.2 Å².